The van der Waals surface area contributed by atoms with Gasteiger partial charge in [-0.2, -0.15) is 0 Å². The van der Waals surface area contributed by atoms with Crippen LogP contribution in [-0.4, -0.2) is 5.78 Å². The van der Waals surface area contributed by atoms with Gasteiger partial charge in [-0.15, -0.1) is 0 Å². The number of fused-ring (bicyclic) bond motifs is 1. The van der Waals surface area contributed by atoms with E-state index >= 15 is 0 Å². The molecule has 2 aromatic rings. The van der Waals surface area contributed by atoms with Crippen LogP contribution in [0.15, 0.2) is 60.7 Å². The van der Waals surface area contributed by atoms with Crippen molar-refractivity contribution in [1.82, 2.24) is 0 Å². The molecule has 0 heterocycles. The molecule has 0 amide bonds. The molecule has 2 aromatic carbocycles. The highest BCUT2D eigenvalue weighted by Gasteiger charge is 2.50. The monoisotopic (exact) mass is 342 g/mol. The molecule has 26 heavy (non-hydrogen) atoms. The maximum Gasteiger partial charge on any atom is 0.133 e. The van der Waals surface area contributed by atoms with Gasteiger partial charge in [-0.1, -0.05) is 60.7 Å². The molecule has 0 aliphatic heterocycles. The molecule has 132 valence electrons. The van der Waals surface area contributed by atoms with Crippen LogP contribution < -0.4 is 0 Å². The lowest BCUT2D eigenvalue weighted by atomic mass is 9.74. The van der Waals surface area contributed by atoms with Crippen LogP contribution in [0.25, 0.3) is 11.1 Å². The summed E-state index contributed by atoms with van der Waals surface area (Å²) in [5.74, 6) is 2.01. The average Bonchev–Trinajstić information content (AvgIpc) is 3.22. The first-order chi connectivity index (χ1) is 12.7. The molecule has 1 nitrogen and oxygen atoms in total. The van der Waals surface area contributed by atoms with Crippen LogP contribution in [0.1, 0.15) is 56.1 Å². The molecule has 3 atom stereocenters. The Labute approximate surface area is 156 Å². The standard InChI is InChI=1S/C25H26O/c26-22-11-12-25(17-22)15-20-13-23(18-7-3-1-4-8-18)24(14-21(20)16-25)19-9-5-2-6-10-19/h1-10,20-21H,11-17H2/t20-,21+,25?. The van der Waals surface area contributed by atoms with E-state index in [1.54, 1.807) is 11.1 Å². The first-order valence-corrected chi connectivity index (χ1v) is 10.1. The third-order valence-electron chi connectivity index (χ3n) is 7.10. The van der Waals surface area contributed by atoms with Crippen molar-refractivity contribution >= 4 is 16.9 Å². The van der Waals surface area contributed by atoms with Gasteiger partial charge >= 0.3 is 0 Å². The summed E-state index contributed by atoms with van der Waals surface area (Å²) < 4.78 is 0. The summed E-state index contributed by atoms with van der Waals surface area (Å²) in [5, 5.41) is 0. The lowest BCUT2D eigenvalue weighted by Crippen LogP contribution is -2.16. The van der Waals surface area contributed by atoms with Crippen molar-refractivity contribution in [2.24, 2.45) is 17.3 Å². The highest BCUT2D eigenvalue weighted by molar-refractivity contribution is 5.92. The van der Waals surface area contributed by atoms with Gasteiger partial charge in [-0.05, 0) is 71.6 Å². The van der Waals surface area contributed by atoms with Crippen LogP contribution >= 0.6 is 0 Å². The molecule has 0 N–H and O–H groups in total. The van der Waals surface area contributed by atoms with E-state index in [2.05, 4.69) is 60.7 Å². The third-order valence-corrected chi connectivity index (χ3v) is 7.10. The quantitative estimate of drug-likeness (QED) is 0.639. The van der Waals surface area contributed by atoms with Crippen LogP contribution in [0, 0.1) is 17.3 Å². The number of hydrogen-bond donors (Lipinski definition) is 0. The Morgan fingerprint density at radius 2 is 1.23 bits per heavy atom. The molecule has 1 unspecified atom stereocenters. The van der Waals surface area contributed by atoms with Crippen molar-refractivity contribution in [1.29, 1.82) is 0 Å². The van der Waals surface area contributed by atoms with Crippen molar-refractivity contribution in [2.75, 3.05) is 0 Å². The minimum Gasteiger partial charge on any atom is -0.300 e. The molecule has 3 aliphatic carbocycles. The van der Waals surface area contributed by atoms with Crippen molar-refractivity contribution < 1.29 is 4.79 Å². The number of carbonyl (C=O) groups excluding carboxylic acids is 1. The molecule has 1 spiro atoms. The topological polar surface area (TPSA) is 17.1 Å². The smallest absolute Gasteiger partial charge is 0.133 e. The fourth-order valence-electron chi connectivity index (χ4n) is 5.99. The summed E-state index contributed by atoms with van der Waals surface area (Å²) in [4.78, 5) is 12.0. The second-order valence-corrected chi connectivity index (χ2v) is 8.74. The largest absolute Gasteiger partial charge is 0.300 e. The van der Waals surface area contributed by atoms with Crippen molar-refractivity contribution in [2.45, 2.75) is 44.9 Å². The second kappa shape index (κ2) is 6.23. The highest BCUT2D eigenvalue weighted by Crippen LogP contribution is 2.60. The number of Topliss-reactive ketones (excluding diaryl/α,β-unsaturated/α-hetero) is 1. The molecule has 0 bridgehead atoms. The Morgan fingerprint density at radius 3 is 1.65 bits per heavy atom. The number of ketones is 1. The van der Waals surface area contributed by atoms with E-state index in [1.165, 1.54) is 36.8 Å². The average molecular weight is 342 g/mol. The van der Waals surface area contributed by atoms with Gasteiger partial charge in [0.15, 0.2) is 0 Å². The lowest BCUT2D eigenvalue weighted by molar-refractivity contribution is -0.118. The van der Waals surface area contributed by atoms with E-state index < -0.39 is 0 Å². The lowest BCUT2D eigenvalue weighted by Gasteiger charge is -2.31. The van der Waals surface area contributed by atoms with Gasteiger partial charge in [0.05, 0.1) is 0 Å². The number of carbonyl (C=O) groups is 1. The Hall–Kier alpha value is -2.15. The predicted octanol–water partition coefficient (Wildman–Crippen LogP) is 6.16. The molecule has 0 radical (unpaired) electrons. The maximum atomic E-state index is 12.0. The number of benzene rings is 2. The van der Waals surface area contributed by atoms with Gasteiger partial charge < -0.3 is 0 Å². The van der Waals surface area contributed by atoms with E-state index in [1.807, 2.05) is 0 Å². The fourth-order valence-corrected chi connectivity index (χ4v) is 5.99. The minimum atomic E-state index is 0.334. The first kappa shape index (κ1) is 16.1. The molecule has 2 saturated carbocycles. The highest BCUT2D eigenvalue weighted by atomic mass is 16.1. The van der Waals surface area contributed by atoms with E-state index in [9.17, 15) is 4.79 Å². The van der Waals surface area contributed by atoms with Crippen LogP contribution in [0.3, 0.4) is 0 Å². The van der Waals surface area contributed by atoms with Crippen LogP contribution in [-0.2, 0) is 4.79 Å². The summed E-state index contributed by atoms with van der Waals surface area (Å²) >= 11 is 0. The Balaban J connectivity index is 1.53. The van der Waals surface area contributed by atoms with Crippen LogP contribution in [0.5, 0.6) is 0 Å². The zero-order chi connectivity index (χ0) is 17.6. The van der Waals surface area contributed by atoms with Crippen molar-refractivity contribution in [3.05, 3.63) is 71.8 Å². The fraction of sp³-hybridized carbons (Fsp3) is 0.400. The van der Waals surface area contributed by atoms with Crippen molar-refractivity contribution in [3.8, 4) is 0 Å². The maximum absolute atomic E-state index is 12.0. The Morgan fingerprint density at radius 1 is 0.731 bits per heavy atom. The Kier molecular flexibility index (Phi) is 3.85. The normalized spacial score (nSPS) is 30.8. The predicted molar refractivity (Wildman–Crippen MR) is 106 cm³/mol. The molecule has 5 rings (SSSR count). The molecular weight excluding hydrogens is 316 g/mol. The van der Waals surface area contributed by atoms with E-state index in [0.717, 1.165) is 31.1 Å². The molecule has 3 aliphatic rings. The van der Waals surface area contributed by atoms with E-state index in [-0.39, 0.29) is 0 Å². The first-order valence-electron chi connectivity index (χ1n) is 10.1. The number of allylic oxidation sites excluding steroid dienone is 2. The minimum absolute atomic E-state index is 0.334. The molecule has 1 heteroatoms. The van der Waals surface area contributed by atoms with Crippen molar-refractivity contribution in [3.63, 3.8) is 0 Å². The zero-order valence-corrected chi connectivity index (χ0v) is 15.3. The van der Waals surface area contributed by atoms with Crippen LogP contribution in [0.2, 0.25) is 0 Å². The van der Waals surface area contributed by atoms with Gasteiger partial charge in [0.1, 0.15) is 5.78 Å². The molecule has 0 aromatic heterocycles. The third kappa shape index (κ3) is 2.74. The van der Waals surface area contributed by atoms with Gasteiger partial charge in [0.2, 0.25) is 0 Å². The summed E-state index contributed by atoms with van der Waals surface area (Å²) in [5.41, 5.74) is 6.18. The summed E-state index contributed by atoms with van der Waals surface area (Å²) in [6.07, 6.45) is 7.69. The van der Waals surface area contributed by atoms with E-state index in [0.29, 0.717) is 11.2 Å². The van der Waals surface area contributed by atoms with Gasteiger partial charge in [0.25, 0.3) is 0 Å². The van der Waals surface area contributed by atoms with Gasteiger partial charge in [0, 0.05) is 12.8 Å². The van der Waals surface area contributed by atoms with Gasteiger partial charge in [-0.25, -0.2) is 0 Å². The van der Waals surface area contributed by atoms with Gasteiger partial charge in [-0.3, -0.25) is 4.79 Å². The SMILES string of the molecule is O=C1CCC2(C1)C[C@H]1CC(c3ccccc3)=C(c3ccccc3)C[C@H]1C2. The zero-order valence-electron chi connectivity index (χ0n) is 15.3. The number of rotatable bonds is 2. The summed E-state index contributed by atoms with van der Waals surface area (Å²) in [6.45, 7) is 0. The molecule has 0 saturated heterocycles. The Bertz CT molecular complexity index is 787. The van der Waals surface area contributed by atoms with E-state index in [4.69, 9.17) is 0 Å². The second-order valence-electron chi connectivity index (χ2n) is 8.74. The summed E-state index contributed by atoms with van der Waals surface area (Å²) in [7, 11) is 0. The molecule has 2 fully saturated rings. The summed E-state index contributed by atoms with van der Waals surface area (Å²) in [6, 6.07) is 21.9. The number of hydrogen-bond acceptors (Lipinski definition) is 1. The molecular formula is C25H26O. The van der Waals surface area contributed by atoms with Crippen LogP contribution in [0.4, 0.5) is 0 Å².